The molecule has 0 atom stereocenters. The van der Waals surface area contributed by atoms with Crippen molar-refractivity contribution in [1.29, 1.82) is 0 Å². The molecular formula is C19H18Cl2N2O2. The van der Waals surface area contributed by atoms with Gasteiger partial charge in [0.15, 0.2) is 0 Å². The number of amides is 2. The van der Waals surface area contributed by atoms with Crippen LogP contribution in [-0.2, 0) is 0 Å². The summed E-state index contributed by atoms with van der Waals surface area (Å²) in [5.74, 6) is -0.155. The molecule has 3 rings (SSSR count). The molecule has 2 aromatic rings. The van der Waals surface area contributed by atoms with Gasteiger partial charge >= 0.3 is 0 Å². The Morgan fingerprint density at radius 1 is 0.800 bits per heavy atom. The molecule has 4 nitrogen and oxygen atoms in total. The maximum Gasteiger partial charge on any atom is 0.255 e. The minimum Gasteiger partial charge on any atom is -0.337 e. The van der Waals surface area contributed by atoms with Crippen molar-refractivity contribution in [3.63, 3.8) is 0 Å². The van der Waals surface area contributed by atoms with E-state index >= 15 is 0 Å². The summed E-state index contributed by atoms with van der Waals surface area (Å²) < 4.78 is 0. The summed E-state index contributed by atoms with van der Waals surface area (Å²) >= 11 is 12.1. The molecule has 0 unspecified atom stereocenters. The molecule has 1 saturated heterocycles. The molecule has 1 aliphatic rings. The summed E-state index contributed by atoms with van der Waals surface area (Å²) in [4.78, 5) is 28.9. The van der Waals surface area contributed by atoms with Crippen molar-refractivity contribution in [3.05, 3.63) is 69.7 Å². The molecule has 130 valence electrons. The molecule has 0 radical (unpaired) electrons. The molecule has 1 fully saturated rings. The second-order valence-electron chi connectivity index (χ2n) is 5.93. The predicted octanol–water partition coefficient (Wildman–Crippen LogP) is 3.98. The second kappa shape index (κ2) is 7.89. The van der Waals surface area contributed by atoms with Crippen LogP contribution in [0.4, 0.5) is 0 Å². The Kier molecular flexibility index (Phi) is 5.61. The molecule has 1 aliphatic heterocycles. The first kappa shape index (κ1) is 17.8. The summed E-state index contributed by atoms with van der Waals surface area (Å²) in [7, 11) is 0. The molecule has 2 amide bonds. The lowest BCUT2D eigenvalue weighted by atomic mass is 10.2. The highest BCUT2D eigenvalue weighted by Gasteiger charge is 2.24. The lowest BCUT2D eigenvalue weighted by molar-refractivity contribution is 0.0719. The van der Waals surface area contributed by atoms with Gasteiger partial charge in [-0.3, -0.25) is 9.59 Å². The smallest absolute Gasteiger partial charge is 0.255 e. The fraction of sp³-hybridized carbons (Fsp3) is 0.263. The molecule has 0 saturated carbocycles. The number of carbonyl (C=O) groups excluding carboxylic acids is 2. The first-order chi connectivity index (χ1) is 12.1. The number of rotatable bonds is 2. The van der Waals surface area contributed by atoms with Crippen molar-refractivity contribution in [3.8, 4) is 0 Å². The lowest BCUT2D eigenvalue weighted by Crippen LogP contribution is -2.37. The Bertz CT molecular complexity index is 794. The van der Waals surface area contributed by atoms with Crippen LogP contribution in [0.1, 0.15) is 27.1 Å². The quantitative estimate of drug-likeness (QED) is 0.794. The maximum atomic E-state index is 12.7. The van der Waals surface area contributed by atoms with E-state index in [0.29, 0.717) is 47.4 Å². The minimum absolute atomic E-state index is 0.0606. The molecule has 0 aromatic heterocycles. The van der Waals surface area contributed by atoms with Gasteiger partial charge < -0.3 is 9.80 Å². The zero-order valence-electron chi connectivity index (χ0n) is 13.6. The normalized spacial score (nSPS) is 15.0. The average molecular weight is 377 g/mol. The van der Waals surface area contributed by atoms with Gasteiger partial charge in [-0.05, 0) is 36.8 Å². The summed E-state index contributed by atoms with van der Waals surface area (Å²) in [5.41, 5.74) is 1.07. The van der Waals surface area contributed by atoms with Crippen LogP contribution in [0.25, 0.3) is 0 Å². The number of hydrogen-bond donors (Lipinski definition) is 0. The van der Waals surface area contributed by atoms with Crippen LogP contribution in [0.2, 0.25) is 10.0 Å². The van der Waals surface area contributed by atoms with Gasteiger partial charge in [-0.1, -0.05) is 41.4 Å². The standard InChI is InChI=1S/C19H18Cl2N2O2/c20-15-6-3-5-14(13-15)18(24)22-9-4-10-23(12-11-22)19(25)16-7-1-2-8-17(16)21/h1-3,5-8,13H,4,9-12H2. The highest BCUT2D eigenvalue weighted by atomic mass is 35.5. The number of halogens is 2. The minimum atomic E-state index is -0.0948. The van der Waals surface area contributed by atoms with Gasteiger partial charge in [0.05, 0.1) is 10.6 Å². The van der Waals surface area contributed by atoms with Gasteiger partial charge in [0.25, 0.3) is 11.8 Å². The fourth-order valence-corrected chi connectivity index (χ4v) is 3.34. The van der Waals surface area contributed by atoms with Gasteiger partial charge in [-0.2, -0.15) is 0 Å². The zero-order valence-corrected chi connectivity index (χ0v) is 15.1. The van der Waals surface area contributed by atoms with E-state index < -0.39 is 0 Å². The molecule has 1 heterocycles. The lowest BCUT2D eigenvalue weighted by Gasteiger charge is -2.22. The van der Waals surface area contributed by atoms with Crippen LogP contribution in [0.3, 0.4) is 0 Å². The second-order valence-corrected chi connectivity index (χ2v) is 6.77. The van der Waals surface area contributed by atoms with Gasteiger partial charge in [0.2, 0.25) is 0 Å². The van der Waals surface area contributed by atoms with E-state index in [1.54, 1.807) is 58.3 Å². The van der Waals surface area contributed by atoms with Crippen LogP contribution in [0.15, 0.2) is 48.5 Å². The van der Waals surface area contributed by atoms with Gasteiger partial charge in [0.1, 0.15) is 0 Å². The molecule has 25 heavy (non-hydrogen) atoms. The fourth-order valence-electron chi connectivity index (χ4n) is 2.93. The Hall–Kier alpha value is -2.04. The first-order valence-corrected chi connectivity index (χ1v) is 8.90. The summed E-state index contributed by atoms with van der Waals surface area (Å²) in [6, 6.07) is 14.0. The van der Waals surface area contributed by atoms with E-state index in [0.717, 1.165) is 6.42 Å². The van der Waals surface area contributed by atoms with Gasteiger partial charge in [0, 0.05) is 36.8 Å². The summed E-state index contributed by atoms with van der Waals surface area (Å²) in [6.07, 6.45) is 0.725. The molecule has 2 aromatic carbocycles. The highest BCUT2D eigenvalue weighted by Crippen LogP contribution is 2.19. The molecule has 0 N–H and O–H groups in total. The topological polar surface area (TPSA) is 40.6 Å². The number of hydrogen-bond acceptors (Lipinski definition) is 2. The third kappa shape index (κ3) is 4.14. The van der Waals surface area contributed by atoms with E-state index in [1.807, 2.05) is 0 Å². The number of benzene rings is 2. The van der Waals surface area contributed by atoms with Crippen molar-refractivity contribution < 1.29 is 9.59 Å². The van der Waals surface area contributed by atoms with E-state index in [-0.39, 0.29) is 11.8 Å². The van der Waals surface area contributed by atoms with Crippen LogP contribution in [0, 0.1) is 0 Å². The number of nitrogens with zero attached hydrogens (tertiary/aromatic N) is 2. The Morgan fingerprint density at radius 2 is 1.48 bits per heavy atom. The van der Waals surface area contributed by atoms with Crippen LogP contribution in [0.5, 0.6) is 0 Å². The highest BCUT2D eigenvalue weighted by molar-refractivity contribution is 6.33. The number of carbonyl (C=O) groups is 2. The summed E-state index contributed by atoms with van der Waals surface area (Å²) in [6.45, 7) is 2.18. The molecular weight excluding hydrogens is 359 g/mol. The third-order valence-electron chi connectivity index (χ3n) is 4.25. The van der Waals surface area contributed by atoms with Crippen LogP contribution in [-0.4, -0.2) is 47.8 Å². The van der Waals surface area contributed by atoms with E-state index in [1.165, 1.54) is 0 Å². The van der Waals surface area contributed by atoms with Crippen LogP contribution >= 0.6 is 23.2 Å². The molecule has 6 heteroatoms. The monoisotopic (exact) mass is 376 g/mol. The van der Waals surface area contributed by atoms with E-state index in [9.17, 15) is 9.59 Å². The first-order valence-electron chi connectivity index (χ1n) is 8.15. The largest absolute Gasteiger partial charge is 0.337 e. The SMILES string of the molecule is O=C(c1cccc(Cl)c1)N1CCCN(C(=O)c2ccccc2Cl)CC1. The zero-order chi connectivity index (χ0) is 17.8. The van der Waals surface area contributed by atoms with Crippen molar-refractivity contribution >= 4 is 35.0 Å². The predicted molar refractivity (Wildman–Crippen MR) is 99.3 cm³/mol. The summed E-state index contributed by atoms with van der Waals surface area (Å²) in [5, 5.41) is 0.986. The van der Waals surface area contributed by atoms with E-state index in [2.05, 4.69) is 0 Å². The van der Waals surface area contributed by atoms with Crippen molar-refractivity contribution in [1.82, 2.24) is 9.80 Å². The van der Waals surface area contributed by atoms with Gasteiger partial charge in [-0.25, -0.2) is 0 Å². The van der Waals surface area contributed by atoms with Crippen molar-refractivity contribution in [2.24, 2.45) is 0 Å². The van der Waals surface area contributed by atoms with Gasteiger partial charge in [-0.15, -0.1) is 0 Å². The van der Waals surface area contributed by atoms with E-state index in [4.69, 9.17) is 23.2 Å². The van der Waals surface area contributed by atoms with Crippen molar-refractivity contribution in [2.75, 3.05) is 26.2 Å². The Balaban J connectivity index is 1.69. The average Bonchev–Trinajstić information content (AvgIpc) is 2.87. The van der Waals surface area contributed by atoms with Crippen LogP contribution < -0.4 is 0 Å². The Labute approximate surface area is 156 Å². The molecule has 0 spiro atoms. The van der Waals surface area contributed by atoms with Crippen molar-refractivity contribution in [2.45, 2.75) is 6.42 Å². The molecule has 0 aliphatic carbocycles. The maximum absolute atomic E-state index is 12.7. The Morgan fingerprint density at radius 3 is 2.16 bits per heavy atom. The third-order valence-corrected chi connectivity index (χ3v) is 4.81. The molecule has 0 bridgehead atoms.